The van der Waals surface area contributed by atoms with E-state index in [9.17, 15) is 18.0 Å². The van der Waals surface area contributed by atoms with Crippen molar-refractivity contribution in [2.75, 3.05) is 0 Å². The number of Topliss-reactive ketones (excluding diaryl/α,β-unsaturated/α-hetero) is 1. The van der Waals surface area contributed by atoms with Gasteiger partial charge in [-0.25, -0.2) is 0 Å². The van der Waals surface area contributed by atoms with Gasteiger partial charge in [0, 0.05) is 17.6 Å². The molecule has 0 aliphatic heterocycles. The SMILES string of the molecule is CC(=O)c1cc(C(F)(F)F)c(Br)cn1. The van der Waals surface area contributed by atoms with Gasteiger partial charge >= 0.3 is 6.18 Å². The van der Waals surface area contributed by atoms with Crippen LogP contribution < -0.4 is 0 Å². The summed E-state index contributed by atoms with van der Waals surface area (Å²) in [5, 5.41) is 0. The molecule has 0 spiro atoms. The third kappa shape index (κ3) is 2.31. The molecule has 14 heavy (non-hydrogen) atoms. The van der Waals surface area contributed by atoms with Crippen LogP contribution in [0.2, 0.25) is 0 Å². The minimum absolute atomic E-state index is 0.171. The predicted molar refractivity (Wildman–Crippen MR) is 46.9 cm³/mol. The summed E-state index contributed by atoms with van der Waals surface area (Å²) in [5.74, 6) is -0.497. The molecule has 0 saturated carbocycles. The maximum absolute atomic E-state index is 12.3. The monoisotopic (exact) mass is 267 g/mol. The molecule has 2 nitrogen and oxygen atoms in total. The van der Waals surface area contributed by atoms with Crippen molar-refractivity contribution in [1.29, 1.82) is 0 Å². The summed E-state index contributed by atoms with van der Waals surface area (Å²) in [7, 11) is 0. The van der Waals surface area contributed by atoms with E-state index in [1.807, 2.05) is 0 Å². The summed E-state index contributed by atoms with van der Waals surface area (Å²) >= 11 is 2.72. The standard InChI is InChI=1S/C8H5BrF3NO/c1-4(14)7-2-5(8(10,11)12)6(9)3-13-7/h2-3H,1H3. The van der Waals surface area contributed by atoms with Crippen LogP contribution in [0.1, 0.15) is 23.0 Å². The molecule has 0 bridgehead atoms. The smallest absolute Gasteiger partial charge is 0.293 e. The molecule has 0 atom stereocenters. The van der Waals surface area contributed by atoms with E-state index < -0.39 is 17.5 Å². The van der Waals surface area contributed by atoms with Crippen LogP contribution in [0, 0.1) is 0 Å². The molecule has 6 heteroatoms. The second-order valence-electron chi connectivity index (χ2n) is 2.60. The molecule has 1 aromatic rings. The Morgan fingerprint density at radius 1 is 1.50 bits per heavy atom. The van der Waals surface area contributed by atoms with Gasteiger partial charge < -0.3 is 0 Å². The van der Waals surface area contributed by atoms with Crippen molar-refractivity contribution in [2.24, 2.45) is 0 Å². The number of carbonyl (C=O) groups excluding carboxylic acids is 1. The molecule has 0 fully saturated rings. The second-order valence-corrected chi connectivity index (χ2v) is 3.46. The molecule has 0 amide bonds. The summed E-state index contributed by atoms with van der Waals surface area (Å²) < 4.78 is 36.8. The number of pyridine rings is 1. The first-order valence-electron chi connectivity index (χ1n) is 3.56. The quantitative estimate of drug-likeness (QED) is 0.732. The highest BCUT2D eigenvalue weighted by atomic mass is 79.9. The fourth-order valence-electron chi connectivity index (χ4n) is 0.848. The molecule has 0 aliphatic rings. The molecule has 0 unspecified atom stereocenters. The van der Waals surface area contributed by atoms with Gasteiger partial charge in [0.05, 0.1) is 5.56 Å². The zero-order valence-electron chi connectivity index (χ0n) is 7.02. The van der Waals surface area contributed by atoms with Crippen LogP contribution >= 0.6 is 15.9 Å². The number of carbonyl (C=O) groups is 1. The van der Waals surface area contributed by atoms with Gasteiger partial charge in [0.1, 0.15) is 5.69 Å². The largest absolute Gasteiger partial charge is 0.417 e. The van der Waals surface area contributed by atoms with Crippen molar-refractivity contribution in [3.05, 3.63) is 28.0 Å². The van der Waals surface area contributed by atoms with Gasteiger partial charge in [-0.05, 0) is 22.0 Å². The molecule has 0 radical (unpaired) electrons. The summed E-state index contributed by atoms with van der Waals surface area (Å²) in [6.45, 7) is 1.16. The maximum atomic E-state index is 12.3. The molecule has 0 aliphatic carbocycles. The third-order valence-corrected chi connectivity index (χ3v) is 2.15. The van der Waals surface area contributed by atoms with Gasteiger partial charge in [-0.3, -0.25) is 9.78 Å². The lowest BCUT2D eigenvalue weighted by Gasteiger charge is -2.08. The molecule has 1 aromatic heterocycles. The normalized spacial score (nSPS) is 11.5. The van der Waals surface area contributed by atoms with Gasteiger partial charge in [0.25, 0.3) is 0 Å². The highest BCUT2D eigenvalue weighted by Crippen LogP contribution is 2.34. The van der Waals surface area contributed by atoms with Gasteiger partial charge in [0.2, 0.25) is 0 Å². The van der Waals surface area contributed by atoms with Gasteiger partial charge in [0.15, 0.2) is 5.78 Å². The molecule has 1 rings (SSSR count). The van der Waals surface area contributed by atoms with E-state index in [0.717, 1.165) is 19.2 Å². The minimum atomic E-state index is -4.48. The topological polar surface area (TPSA) is 30.0 Å². The third-order valence-electron chi connectivity index (χ3n) is 1.52. The van der Waals surface area contributed by atoms with Crippen molar-refractivity contribution in [2.45, 2.75) is 13.1 Å². The van der Waals surface area contributed by atoms with E-state index >= 15 is 0 Å². The Morgan fingerprint density at radius 2 is 2.07 bits per heavy atom. The van der Waals surface area contributed by atoms with Gasteiger partial charge in [-0.15, -0.1) is 0 Å². The van der Waals surface area contributed by atoms with Crippen LogP contribution in [0.4, 0.5) is 13.2 Å². The predicted octanol–water partition coefficient (Wildman–Crippen LogP) is 3.07. The van der Waals surface area contributed by atoms with Crippen LogP contribution in [0.25, 0.3) is 0 Å². The van der Waals surface area contributed by atoms with Crippen LogP contribution in [0.5, 0.6) is 0 Å². The average Bonchev–Trinajstić information content (AvgIpc) is 2.02. The van der Waals surface area contributed by atoms with Gasteiger partial charge in [-0.1, -0.05) is 0 Å². The van der Waals surface area contributed by atoms with Crippen LogP contribution in [0.15, 0.2) is 16.7 Å². The summed E-state index contributed by atoms with van der Waals surface area (Å²) in [4.78, 5) is 14.3. The second kappa shape index (κ2) is 3.68. The van der Waals surface area contributed by atoms with Crippen molar-refractivity contribution in [3.8, 4) is 0 Å². The molecule has 0 aromatic carbocycles. The van der Waals surface area contributed by atoms with E-state index in [-0.39, 0.29) is 10.2 Å². The van der Waals surface area contributed by atoms with E-state index in [4.69, 9.17) is 0 Å². The van der Waals surface area contributed by atoms with E-state index in [0.29, 0.717) is 0 Å². The number of ketones is 1. The van der Waals surface area contributed by atoms with Crippen molar-refractivity contribution in [1.82, 2.24) is 4.98 Å². The van der Waals surface area contributed by atoms with Crippen molar-refractivity contribution < 1.29 is 18.0 Å². The summed E-state index contributed by atoms with van der Waals surface area (Å²) in [6.07, 6.45) is -3.51. The van der Waals surface area contributed by atoms with Crippen LogP contribution in [-0.4, -0.2) is 10.8 Å². The fraction of sp³-hybridized carbons (Fsp3) is 0.250. The number of halogens is 4. The lowest BCUT2D eigenvalue weighted by molar-refractivity contribution is -0.138. The Labute approximate surface area is 86.3 Å². The Bertz CT molecular complexity index is 375. The zero-order valence-corrected chi connectivity index (χ0v) is 8.61. The first kappa shape index (κ1) is 11.2. The Balaban J connectivity index is 3.29. The van der Waals surface area contributed by atoms with Crippen LogP contribution in [-0.2, 0) is 6.18 Å². The number of rotatable bonds is 1. The molecule has 1 heterocycles. The summed E-state index contributed by atoms with van der Waals surface area (Å²) in [6, 6.07) is 0.729. The average molecular weight is 268 g/mol. The van der Waals surface area contributed by atoms with Crippen molar-refractivity contribution in [3.63, 3.8) is 0 Å². The van der Waals surface area contributed by atoms with E-state index in [1.165, 1.54) is 0 Å². The first-order chi connectivity index (χ1) is 6.32. The Hall–Kier alpha value is -0.910. The number of alkyl halides is 3. The van der Waals surface area contributed by atoms with Crippen LogP contribution in [0.3, 0.4) is 0 Å². The van der Waals surface area contributed by atoms with Crippen molar-refractivity contribution >= 4 is 21.7 Å². The lowest BCUT2D eigenvalue weighted by atomic mass is 10.2. The Kier molecular flexibility index (Phi) is 2.94. The molecule has 0 N–H and O–H groups in total. The molecular weight excluding hydrogens is 263 g/mol. The zero-order chi connectivity index (χ0) is 10.9. The molecule has 0 saturated heterocycles. The Morgan fingerprint density at radius 3 is 2.50 bits per heavy atom. The molecule has 76 valence electrons. The summed E-state index contributed by atoms with van der Waals surface area (Å²) in [5.41, 5.74) is -1.08. The first-order valence-corrected chi connectivity index (χ1v) is 4.35. The fourth-order valence-corrected chi connectivity index (χ4v) is 1.29. The number of nitrogens with zero attached hydrogens (tertiary/aromatic N) is 1. The van der Waals surface area contributed by atoms with E-state index in [1.54, 1.807) is 0 Å². The number of hydrogen-bond donors (Lipinski definition) is 0. The highest BCUT2D eigenvalue weighted by Gasteiger charge is 2.33. The number of hydrogen-bond acceptors (Lipinski definition) is 2. The number of aromatic nitrogens is 1. The molecular formula is C8H5BrF3NO. The van der Waals surface area contributed by atoms with Gasteiger partial charge in [-0.2, -0.15) is 13.2 Å². The minimum Gasteiger partial charge on any atom is -0.293 e. The van der Waals surface area contributed by atoms with E-state index in [2.05, 4.69) is 20.9 Å². The lowest BCUT2D eigenvalue weighted by Crippen LogP contribution is -2.09. The highest BCUT2D eigenvalue weighted by molar-refractivity contribution is 9.10. The maximum Gasteiger partial charge on any atom is 0.417 e.